The summed E-state index contributed by atoms with van der Waals surface area (Å²) in [6.45, 7) is 0. The van der Waals surface area contributed by atoms with Gasteiger partial charge in [-0.1, -0.05) is 43.2 Å². The Bertz CT molecular complexity index is 466. The van der Waals surface area contributed by atoms with Crippen molar-refractivity contribution in [3.8, 4) is 6.07 Å². The molecule has 0 aliphatic heterocycles. The molecule has 0 radical (unpaired) electrons. The molecule has 3 N–H and O–H groups in total. The summed E-state index contributed by atoms with van der Waals surface area (Å²) in [6, 6.07) is 10.7. The van der Waals surface area contributed by atoms with E-state index in [-0.39, 0.29) is 17.9 Å². The third-order valence-electron chi connectivity index (χ3n) is 3.70. The lowest BCUT2D eigenvalue weighted by Crippen LogP contribution is -2.44. The first-order chi connectivity index (χ1) is 9.22. The van der Waals surface area contributed by atoms with Gasteiger partial charge in [-0.15, -0.1) is 0 Å². The SMILES string of the molecule is N#CC(NC(=O)[C@@H]1CCCC[C@@H]1N)c1ccccc1. The zero-order chi connectivity index (χ0) is 13.7. The summed E-state index contributed by atoms with van der Waals surface area (Å²) in [6.07, 6.45) is 3.83. The van der Waals surface area contributed by atoms with Gasteiger partial charge in [0.05, 0.1) is 12.0 Å². The number of benzene rings is 1. The Balaban J connectivity index is 2.03. The van der Waals surface area contributed by atoms with E-state index in [0.29, 0.717) is 0 Å². The van der Waals surface area contributed by atoms with E-state index in [4.69, 9.17) is 5.73 Å². The maximum absolute atomic E-state index is 12.2. The van der Waals surface area contributed by atoms with Crippen molar-refractivity contribution >= 4 is 5.91 Å². The normalized spacial score (nSPS) is 24.2. The molecule has 0 spiro atoms. The average Bonchev–Trinajstić information content (AvgIpc) is 2.46. The third-order valence-corrected chi connectivity index (χ3v) is 3.70. The molecule has 1 fully saturated rings. The molecule has 1 aromatic rings. The van der Waals surface area contributed by atoms with E-state index in [1.54, 1.807) is 0 Å². The van der Waals surface area contributed by atoms with Crippen molar-refractivity contribution in [3.63, 3.8) is 0 Å². The average molecular weight is 257 g/mol. The maximum atomic E-state index is 12.2. The number of carbonyl (C=O) groups is 1. The van der Waals surface area contributed by atoms with Gasteiger partial charge in [0.1, 0.15) is 6.04 Å². The van der Waals surface area contributed by atoms with Gasteiger partial charge in [0.15, 0.2) is 0 Å². The number of carbonyl (C=O) groups excluding carboxylic acids is 1. The number of nitrogens with one attached hydrogen (secondary N) is 1. The van der Waals surface area contributed by atoms with Gasteiger partial charge < -0.3 is 11.1 Å². The molecule has 4 nitrogen and oxygen atoms in total. The highest BCUT2D eigenvalue weighted by molar-refractivity contribution is 5.80. The quantitative estimate of drug-likeness (QED) is 0.867. The molecule has 0 heterocycles. The Kier molecular flexibility index (Phi) is 4.53. The molecule has 19 heavy (non-hydrogen) atoms. The molecule has 4 heteroatoms. The predicted molar refractivity (Wildman–Crippen MR) is 72.9 cm³/mol. The summed E-state index contributed by atoms with van der Waals surface area (Å²) in [5.41, 5.74) is 6.80. The van der Waals surface area contributed by atoms with Crippen LogP contribution in [0.25, 0.3) is 0 Å². The van der Waals surface area contributed by atoms with Gasteiger partial charge >= 0.3 is 0 Å². The van der Waals surface area contributed by atoms with E-state index >= 15 is 0 Å². The molecule has 100 valence electrons. The molecule has 1 saturated carbocycles. The Labute approximate surface area is 113 Å². The number of hydrogen-bond acceptors (Lipinski definition) is 3. The van der Waals surface area contributed by atoms with Crippen LogP contribution in [0.2, 0.25) is 0 Å². The first-order valence-corrected chi connectivity index (χ1v) is 6.73. The second kappa shape index (κ2) is 6.35. The van der Waals surface area contributed by atoms with Gasteiger partial charge in [-0.05, 0) is 18.4 Å². The maximum Gasteiger partial charge on any atom is 0.225 e. The highest BCUT2D eigenvalue weighted by Crippen LogP contribution is 2.24. The van der Waals surface area contributed by atoms with Gasteiger partial charge in [-0.3, -0.25) is 4.79 Å². The highest BCUT2D eigenvalue weighted by Gasteiger charge is 2.29. The van der Waals surface area contributed by atoms with Crippen molar-refractivity contribution in [2.24, 2.45) is 11.7 Å². The largest absolute Gasteiger partial charge is 0.336 e. The van der Waals surface area contributed by atoms with Crippen molar-refractivity contribution < 1.29 is 4.79 Å². The number of hydrogen-bond donors (Lipinski definition) is 2. The number of nitrogens with two attached hydrogens (primary N) is 1. The number of nitriles is 1. The predicted octanol–water partition coefficient (Wildman–Crippen LogP) is 1.88. The molecule has 3 atom stereocenters. The van der Waals surface area contributed by atoms with E-state index in [1.807, 2.05) is 30.3 Å². The summed E-state index contributed by atoms with van der Waals surface area (Å²) in [5.74, 6) is -0.254. The Morgan fingerprint density at radius 2 is 2.00 bits per heavy atom. The van der Waals surface area contributed by atoms with Gasteiger partial charge in [-0.2, -0.15) is 5.26 Å². The zero-order valence-corrected chi connectivity index (χ0v) is 10.9. The molecule has 0 bridgehead atoms. The summed E-state index contributed by atoms with van der Waals surface area (Å²) >= 11 is 0. The van der Waals surface area contributed by atoms with Crippen LogP contribution in [-0.4, -0.2) is 11.9 Å². The molecule has 2 rings (SSSR count). The first-order valence-electron chi connectivity index (χ1n) is 6.73. The first kappa shape index (κ1) is 13.6. The Morgan fingerprint density at radius 3 is 2.63 bits per heavy atom. The molecular weight excluding hydrogens is 238 g/mol. The van der Waals surface area contributed by atoms with E-state index in [1.165, 1.54) is 0 Å². The molecule has 0 aromatic heterocycles. The molecule has 0 saturated heterocycles. The minimum absolute atomic E-state index is 0.0798. The van der Waals surface area contributed by atoms with Crippen LogP contribution in [-0.2, 0) is 4.79 Å². The lowest BCUT2D eigenvalue weighted by Gasteiger charge is -2.28. The van der Waals surface area contributed by atoms with Gasteiger partial charge in [-0.25, -0.2) is 0 Å². The van der Waals surface area contributed by atoms with Crippen molar-refractivity contribution in [3.05, 3.63) is 35.9 Å². The minimum Gasteiger partial charge on any atom is -0.336 e. The van der Waals surface area contributed by atoms with Crippen molar-refractivity contribution in [1.29, 1.82) is 5.26 Å². The fraction of sp³-hybridized carbons (Fsp3) is 0.467. The Hall–Kier alpha value is -1.86. The van der Waals surface area contributed by atoms with E-state index in [9.17, 15) is 10.1 Å². The summed E-state index contributed by atoms with van der Waals surface area (Å²) < 4.78 is 0. The van der Waals surface area contributed by atoms with E-state index in [0.717, 1.165) is 31.2 Å². The third kappa shape index (κ3) is 3.33. The van der Waals surface area contributed by atoms with Crippen LogP contribution in [0, 0.1) is 17.2 Å². The molecule has 1 amide bonds. The summed E-state index contributed by atoms with van der Waals surface area (Å²) in [7, 11) is 0. The second-order valence-electron chi connectivity index (χ2n) is 5.04. The number of nitrogens with zero attached hydrogens (tertiary/aromatic N) is 1. The van der Waals surface area contributed by atoms with Gasteiger partial charge in [0, 0.05) is 6.04 Å². The van der Waals surface area contributed by atoms with Crippen LogP contribution in [0.15, 0.2) is 30.3 Å². The smallest absolute Gasteiger partial charge is 0.225 e. The number of rotatable bonds is 3. The Morgan fingerprint density at radius 1 is 1.32 bits per heavy atom. The van der Waals surface area contributed by atoms with E-state index < -0.39 is 6.04 Å². The summed E-state index contributed by atoms with van der Waals surface area (Å²) in [5, 5.41) is 12.0. The minimum atomic E-state index is -0.595. The highest BCUT2D eigenvalue weighted by atomic mass is 16.2. The van der Waals surface area contributed by atoms with Crippen molar-refractivity contribution in [2.45, 2.75) is 37.8 Å². The van der Waals surface area contributed by atoms with Gasteiger partial charge in [0.2, 0.25) is 5.91 Å². The van der Waals surface area contributed by atoms with Crippen molar-refractivity contribution in [1.82, 2.24) is 5.32 Å². The zero-order valence-electron chi connectivity index (χ0n) is 10.9. The standard InChI is InChI=1S/C15H19N3O/c16-10-14(11-6-2-1-3-7-11)18-15(19)12-8-4-5-9-13(12)17/h1-3,6-7,12-14H,4-5,8-9,17H2,(H,18,19)/t12-,13+,14?/m1/s1. The van der Waals surface area contributed by atoms with Crippen LogP contribution in [0.1, 0.15) is 37.3 Å². The second-order valence-corrected chi connectivity index (χ2v) is 5.04. The lowest BCUT2D eigenvalue weighted by molar-refractivity contribution is -0.126. The van der Waals surface area contributed by atoms with Crippen molar-refractivity contribution in [2.75, 3.05) is 0 Å². The van der Waals surface area contributed by atoms with Crippen LogP contribution in [0.3, 0.4) is 0 Å². The fourth-order valence-electron chi connectivity index (χ4n) is 2.57. The molecule has 1 aliphatic rings. The van der Waals surface area contributed by atoms with Crippen LogP contribution >= 0.6 is 0 Å². The van der Waals surface area contributed by atoms with Crippen LogP contribution in [0.5, 0.6) is 0 Å². The summed E-state index contributed by atoms with van der Waals surface area (Å²) in [4.78, 5) is 12.2. The van der Waals surface area contributed by atoms with Crippen LogP contribution in [0.4, 0.5) is 0 Å². The topological polar surface area (TPSA) is 78.9 Å². The molecule has 1 aromatic carbocycles. The van der Waals surface area contributed by atoms with E-state index in [2.05, 4.69) is 11.4 Å². The molecular formula is C15H19N3O. The molecule has 1 unspecified atom stereocenters. The molecule has 1 aliphatic carbocycles. The lowest BCUT2D eigenvalue weighted by atomic mass is 9.84. The van der Waals surface area contributed by atoms with Gasteiger partial charge in [0.25, 0.3) is 0 Å². The monoisotopic (exact) mass is 257 g/mol. The van der Waals surface area contributed by atoms with Crippen LogP contribution < -0.4 is 11.1 Å². The fourth-order valence-corrected chi connectivity index (χ4v) is 2.57. The number of amides is 1.